The summed E-state index contributed by atoms with van der Waals surface area (Å²) >= 11 is 8.58. The Balaban J connectivity index is 2.38. The predicted octanol–water partition coefficient (Wildman–Crippen LogP) is 9.05. The minimum absolute atomic E-state index is 0.445. The van der Waals surface area contributed by atoms with Gasteiger partial charge in [-0.15, -0.1) is 0 Å². The van der Waals surface area contributed by atoms with E-state index < -0.39 is 0 Å². The third kappa shape index (κ3) is 5.21. The summed E-state index contributed by atoms with van der Waals surface area (Å²) in [6.07, 6.45) is 4.46. The van der Waals surface area contributed by atoms with Crippen molar-refractivity contribution in [2.75, 3.05) is 0 Å². The summed E-state index contributed by atoms with van der Waals surface area (Å²) in [6, 6.07) is 9.38. The van der Waals surface area contributed by atoms with E-state index in [2.05, 4.69) is 165 Å². The first-order chi connectivity index (χ1) is 14.9. The van der Waals surface area contributed by atoms with Crippen LogP contribution in [0.15, 0.2) is 36.7 Å². The molecule has 32 heavy (non-hydrogen) atoms. The molecule has 2 nitrogen and oxygen atoms in total. The minimum atomic E-state index is 0.445. The van der Waals surface area contributed by atoms with Gasteiger partial charge in [-0.05, 0) is 0 Å². The molecule has 0 saturated heterocycles. The standard InChI is InChI=1S/C27H34I2N2.Pd/c1-16(2)22-11-20(28)12-23(17(3)4)26(22)30-9-10-31(15-30)27-24(18(5)6)13-21(29)14-25(27)19(7)8;/h9-14,16-19H,1-8H3;. The number of nitrogens with zero attached hydrogens (tertiary/aromatic N) is 2. The van der Waals surface area contributed by atoms with E-state index in [0.717, 1.165) is 3.89 Å². The van der Waals surface area contributed by atoms with Gasteiger partial charge in [0.1, 0.15) is 0 Å². The van der Waals surface area contributed by atoms with E-state index in [1.54, 1.807) is 0 Å². The van der Waals surface area contributed by atoms with Crippen LogP contribution in [0.3, 0.4) is 0 Å². The number of rotatable bonds is 6. The fourth-order valence-electron chi connectivity index (χ4n) is 4.28. The maximum atomic E-state index is 3.67. The van der Waals surface area contributed by atoms with Crippen molar-refractivity contribution < 1.29 is 18.7 Å². The van der Waals surface area contributed by atoms with Crippen LogP contribution in [0, 0.1) is 11.0 Å². The molecule has 0 aliphatic heterocycles. The molecule has 2 aromatic carbocycles. The van der Waals surface area contributed by atoms with Crippen molar-refractivity contribution in [2.24, 2.45) is 0 Å². The summed E-state index contributed by atoms with van der Waals surface area (Å²) < 4.78 is 8.42. The van der Waals surface area contributed by atoms with Gasteiger partial charge in [0.25, 0.3) is 0 Å². The van der Waals surface area contributed by atoms with Crippen molar-refractivity contribution >= 4 is 45.2 Å². The molecular weight excluding hydrogens is 713 g/mol. The van der Waals surface area contributed by atoms with E-state index in [-0.39, 0.29) is 0 Å². The van der Waals surface area contributed by atoms with Crippen LogP contribution in [0.5, 0.6) is 0 Å². The summed E-state index contributed by atoms with van der Waals surface area (Å²) in [5.41, 5.74) is 8.22. The molecule has 0 radical (unpaired) electrons. The number of halogens is 2. The van der Waals surface area contributed by atoms with Crippen LogP contribution in [-0.4, -0.2) is 9.13 Å². The molecule has 0 fully saturated rings. The fourth-order valence-corrected chi connectivity index (χ4v) is 6.21. The SMILES string of the molecule is CC(C)c1cc(I)cc(C(C)C)c1-n1ccn(-c2c(C(C)C)cc(I)cc2C(C)C)[c]1=[Pd]. The van der Waals surface area contributed by atoms with Crippen molar-refractivity contribution in [1.29, 1.82) is 0 Å². The maximum absolute atomic E-state index is 3.67. The van der Waals surface area contributed by atoms with E-state index in [4.69, 9.17) is 0 Å². The van der Waals surface area contributed by atoms with Crippen LogP contribution in [-0.2, 0) is 18.7 Å². The van der Waals surface area contributed by atoms with Crippen LogP contribution in [0.1, 0.15) is 101 Å². The van der Waals surface area contributed by atoms with Crippen LogP contribution < -0.4 is 0 Å². The Labute approximate surface area is 231 Å². The van der Waals surface area contributed by atoms with Crippen LogP contribution in [0.2, 0.25) is 0 Å². The monoisotopic (exact) mass is 746 g/mol. The van der Waals surface area contributed by atoms with Gasteiger partial charge in [0, 0.05) is 0 Å². The van der Waals surface area contributed by atoms with Crippen molar-refractivity contribution in [3.63, 3.8) is 0 Å². The molecule has 0 atom stereocenters. The van der Waals surface area contributed by atoms with Gasteiger partial charge in [-0.25, -0.2) is 0 Å². The molecule has 3 rings (SSSR count). The summed E-state index contributed by atoms with van der Waals surface area (Å²) in [5.74, 6) is 1.78. The molecule has 0 aliphatic rings. The molecule has 176 valence electrons. The molecule has 1 heterocycles. The quantitative estimate of drug-likeness (QED) is 0.176. The van der Waals surface area contributed by atoms with Gasteiger partial charge < -0.3 is 0 Å². The zero-order valence-electron chi connectivity index (χ0n) is 20.2. The number of hydrogen-bond donors (Lipinski definition) is 0. The normalized spacial score (nSPS) is 12.1. The molecule has 0 amide bonds. The van der Waals surface area contributed by atoms with Gasteiger partial charge >= 0.3 is 233 Å². The van der Waals surface area contributed by atoms with E-state index >= 15 is 0 Å². The third-order valence-corrected chi connectivity index (χ3v) is 7.96. The second-order valence-corrected chi connectivity index (χ2v) is 13.0. The summed E-state index contributed by atoms with van der Waals surface area (Å²) in [4.78, 5) is 0. The van der Waals surface area contributed by atoms with Crippen molar-refractivity contribution in [2.45, 2.75) is 79.1 Å². The van der Waals surface area contributed by atoms with Crippen molar-refractivity contribution in [3.8, 4) is 11.4 Å². The Morgan fingerprint density at radius 1 is 0.562 bits per heavy atom. The molecule has 0 spiro atoms. The van der Waals surface area contributed by atoms with Crippen molar-refractivity contribution in [1.82, 2.24) is 9.13 Å². The Morgan fingerprint density at radius 3 is 1.03 bits per heavy atom. The van der Waals surface area contributed by atoms with Crippen LogP contribution >= 0.6 is 45.2 Å². The molecule has 0 unspecified atom stereocenters. The molecule has 0 bridgehead atoms. The summed E-state index contributed by atoms with van der Waals surface area (Å²) in [5, 5.41) is 0. The van der Waals surface area contributed by atoms with Crippen LogP contribution in [0.4, 0.5) is 0 Å². The number of imidazole rings is 1. The third-order valence-electron chi connectivity index (χ3n) is 5.97. The first kappa shape index (κ1) is 26.4. The first-order valence-corrected chi connectivity index (χ1v) is 14.3. The van der Waals surface area contributed by atoms with Gasteiger partial charge in [-0.1, -0.05) is 0 Å². The Kier molecular flexibility index (Phi) is 8.72. The zero-order valence-corrected chi connectivity index (χ0v) is 26.1. The predicted molar refractivity (Wildman–Crippen MR) is 150 cm³/mol. The summed E-state index contributed by atoms with van der Waals surface area (Å²) in [6.45, 7) is 18.3. The molecular formula is C27H34I2N2Pd. The van der Waals surface area contributed by atoms with Gasteiger partial charge in [-0.3, -0.25) is 0 Å². The van der Waals surface area contributed by atoms with E-state index in [1.807, 2.05) is 0 Å². The molecule has 1 aromatic heterocycles. The van der Waals surface area contributed by atoms with Gasteiger partial charge in [0.15, 0.2) is 0 Å². The molecule has 5 heteroatoms. The number of aromatic nitrogens is 2. The van der Waals surface area contributed by atoms with Crippen LogP contribution in [0.25, 0.3) is 11.4 Å². The molecule has 0 N–H and O–H groups in total. The van der Waals surface area contributed by atoms with E-state index in [1.165, 1.54) is 40.8 Å². The first-order valence-electron chi connectivity index (χ1n) is 11.4. The van der Waals surface area contributed by atoms with Crippen molar-refractivity contribution in [3.05, 3.63) is 69.9 Å². The summed E-state index contributed by atoms with van der Waals surface area (Å²) in [7, 11) is 0. The van der Waals surface area contributed by atoms with Gasteiger partial charge in [0.05, 0.1) is 0 Å². The number of hydrogen-bond acceptors (Lipinski definition) is 0. The molecule has 3 aromatic rings. The fraction of sp³-hybridized carbons (Fsp3) is 0.444. The molecule has 0 aliphatic carbocycles. The second-order valence-electron chi connectivity index (χ2n) is 9.76. The average Bonchev–Trinajstić information content (AvgIpc) is 3.07. The van der Waals surface area contributed by atoms with E-state index in [9.17, 15) is 0 Å². The second kappa shape index (κ2) is 10.6. The van der Waals surface area contributed by atoms with Gasteiger partial charge in [0.2, 0.25) is 0 Å². The Bertz CT molecular complexity index is 1030. The topological polar surface area (TPSA) is 9.86 Å². The van der Waals surface area contributed by atoms with Gasteiger partial charge in [-0.2, -0.15) is 0 Å². The molecule has 0 saturated carbocycles. The number of benzene rings is 2. The van der Waals surface area contributed by atoms with E-state index in [0.29, 0.717) is 23.7 Å². The Hall–Kier alpha value is -0.228. The Morgan fingerprint density at radius 2 is 0.812 bits per heavy atom. The average molecular weight is 747 g/mol. The zero-order chi connectivity index (χ0) is 23.9.